The van der Waals surface area contributed by atoms with Crippen LogP contribution in [0.1, 0.15) is 60.7 Å². The molecule has 0 unspecified atom stereocenters. The van der Waals surface area contributed by atoms with E-state index in [1.807, 2.05) is 23.0 Å². The third-order valence-electron chi connectivity index (χ3n) is 7.32. The van der Waals surface area contributed by atoms with Crippen molar-refractivity contribution in [3.8, 4) is 11.1 Å². The molecule has 1 aliphatic carbocycles. The summed E-state index contributed by atoms with van der Waals surface area (Å²) >= 11 is 6.02. The van der Waals surface area contributed by atoms with Crippen LogP contribution in [0.4, 0.5) is 4.39 Å². The molecule has 6 rings (SSSR count). The summed E-state index contributed by atoms with van der Waals surface area (Å²) in [7, 11) is 1.71. The second-order valence-corrected chi connectivity index (χ2v) is 10.1. The first-order chi connectivity index (χ1) is 16.9. The van der Waals surface area contributed by atoms with Gasteiger partial charge in [-0.2, -0.15) is 5.10 Å². The van der Waals surface area contributed by atoms with Crippen LogP contribution in [-0.4, -0.2) is 25.9 Å². The predicted octanol–water partition coefficient (Wildman–Crippen LogP) is 5.87. The summed E-state index contributed by atoms with van der Waals surface area (Å²) in [4.78, 5) is 17.9. The third kappa shape index (κ3) is 4.06. The predicted molar refractivity (Wildman–Crippen MR) is 133 cm³/mol. The minimum Gasteiger partial charge on any atom is -0.373 e. The number of fused-ring (bicyclic) bond motifs is 1. The van der Waals surface area contributed by atoms with Gasteiger partial charge in [0.1, 0.15) is 11.6 Å². The van der Waals surface area contributed by atoms with Gasteiger partial charge in [0.05, 0.1) is 29.2 Å². The Kier molecular flexibility index (Phi) is 5.49. The number of aryl methyl sites for hydroxylation is 1. The average Bonchev–Trinajstić information content (AvgIpc) is 3.59. The number of aromatic nitrogens is 4. The van der Waals surface area contributed by atoms with Crippen molar-refractivity contribution in [3.05, 3.63) is 80.9 Å². The molecule has 35 heavy (non-hydrogen) atoms. The third-order valence-corrected chi connectivity index (χ3v) is 7.55. The molecule has 180 valence electrons. The highest BCUT2D eigenvalue weighted by Gasteiger charge is 2.30. The van der Waals surface area contributed by atoms with E-state index in [1.54, 1.807) is 26.1 Å². The van der Waals surface area contributed by atoms with Gasteiger partial charge in [0.2, 0.25) is 0 Å². The summed E-state index contributed by atoms with van der Waals surface area (Å²) in [6.45, 7) is 2.39. The first-order valence-corrected chi connectivity index (χ1v) is 12.4. The normalized spacial score (nSPS) is 20.5. The molecule has 0 spiro atoms. The van der Waals surface area contributed by atoms with Crippen LogP contribution in [0.2, 0.25) is 5.02 Å². The lowest BCUT2D eigenvalue weighted by atomic mass is 9.85. The number of ether oxygens (including phenoxy) is 1. The zero-order valence-corrected chi connectivity index (χ0v) is 20.4. The van der Waals surface area contributed by atoms with Gasteiger partial charge >= 0.3 is 0 Å². The lowest BCUT2D eigenvalue weighted by Crippen LogP contribution is -2.22. The van der Waals surface area contributed by atoms with E-state index >= 15 is 4.39 Å². The second-order valence-electron chi connectivity index (χ2n) is 9.68. The molecule has 3 heterocycles. The Hall–Kier alpha value is -3.03. The van der Waals surface area contributed by atoms with E-state index in [-0.39, 0.29) is 17.6 Å². The molecule has 1 saturated heterocycles. The smallest absolute Gasteiger partial charge is 0.261 e. The quantitative estimate of drug-likeness (QED) is 0.357. The molecule has 1 saturated carbocycles. The molecule has 0 amide bonds. The summed E-state index contributed by atoms with van der Waals surface area (Å²) in [5.41, 5.74) is 3.43. The van der Waals surface area contributed by atoms with Gasteiger partial charge in [-0.3, -0.25) is 14.0 Å². The molecule has 1 aliphatic heterocycles. The standard InChI is InChI=1S/C27H26ClFN4O2/c1-15-31-26-22(21-6-3-19(28)12-24(21)29)9-17(10-23(26)27(34)32(15)2)16-7-8-35-25(11-16)18-13-30-33(14-18)20-4-5-20/h3,6,9-10,12-14,16,20,25H,4-5,7-8,11H2,1-2H3/t16-,25+/m0/s1. The van der Waals surface area contributed by atoms with Crippen LogP contribution in [-0.2, 0) is 11.8 Å². The lowest BCUT2D eigenvalue weighted by Gasteiger charge is -2.30. The molecular formula is C27H26ClFN4O2. The fourth-order valence-corrected chi connectivity index (χ4v) is 5.20. The number of benzene rings is 2. The fourth-order valence-electron chi connectivity index (χ4n) is 5.04. The van der Waals surface area contributed by atoms with Gasteiger partial charge in [-0.15, -0.1) is 0 Å². The number of hydrogen-bond donors (Lipinski definition) is 0. The molecule has 0 radical (unpaired) electrons. The highest BCUT2D eigenvalue weighted by atomic mass is 35.5. The van der Waals surface area contributed by atoms with Crippen molar-refractivity contribution in [2.75, 3.05) is 6.61 Å². The second kappa shape index (κ2) is 8.57. The molecule has 0 bridgehead atoms. The molecule has 2 fully saturated rings. The molecule has 2 aliphatic rings. The molecule has 8 heteroatoms. The lowest BCUT2D eigenvalue weighted by molar-refractivity contribution is 0.00524. The van der Waals surface area contributed by atoms with Crippen molar-refractivity contribution < 1.29 is 9.13 Å². The molecule has 2 atom stereocenters. The van der Waals surface area contributed by atoms with E-state index in [0.717, 1.165) is 24.0 Å². The fraction of sp³-hybridized carbons (Fsp3) is 0.370. The van der Waals surface area contributed by atoms with Crippen molar-refractivity contribution in [1.82, 2.24) is 19.3 Å². The molecule has 0 N–H and O–H groups in total. The Bertz CT molecular complexity index is 1510. The van der Waals surface area contributed by atoms with Crippen LogP contribution in [0, 0.1) is 12.7 Å². The Balaban J connectivity index is 1.45. The monoisotopic (exact) mass is 492 g/mol. The average molecular weight is 493 g/mol. The van der Waals surface area contributed by atoms with Gasteiger partial charge in [-0.05, 0) is 74.4 Å². The van der Waals surface area contributed by atoms with Gasteiger partial charge in [-0.1, -0.05) is 11.6 Å². The maximum Gasteiger partial charge on any atom is 0.261 e. The van der Waals surface area contributed by atoms with E-state index in [2.05, 4.69) is 16.3 Å². The van der Waals surface area contributed by atoms with Crippen LogP contribution in [0.3, 0.4) is 0 Å². The number of hydrogen-bond acceptors (Lipinski definition) is 4. The van der Waals surface area contributed by atoms with E-state index in [4.69, 9.17) is 16.3 Å². The maximum absolute atomic E-state index is 15.0. The minimum absolute atomic E-state index is 0.0633. The van der Waals surface area contributed by atoms with Crippen molar-refractivity contribution >= 4 is 22.5 Å². The van der Waals surface area contributed by atoms with Crippen LogP contribution >= 0.6 is 11.6 Å². The molecular weight excluding hydrogens is 467 g/mol. The van der Waals surface area contributed by atoms with Gasteiger partial charge in [0.25, 0.3) is 5.56 Å². The van der Waals surface area contributed by atoms with Crippen LogP contribution in [0.25, 0.3) is 22.0 Å². The Morgan fingerprint density at radius 1 is 1.11 bits per heavy atom. The summed E-state index contributed by atoms with van der Waals surface area (Å²) in [5.74, 6) is 0.292. The molecule has 4 aromatic rings. The van der Waals surface area contributed by atoms with Gasteiger partial charge in [0.15, 0.2) is 0 Å². The molecule has 2 aromatic carbocycles. The summed E-state index contributed by atoms with van der Waals surface area (Å²) in [6.07, 6.45) is 7.89. The highest BCUT2D eigenvalue weighted by Crippen LogP contribution is 2.41. The Labute approximate surface area is 207 Å². The Morgan fingerprint density at radius 2 is 1.94 bits per heavy atom. The van der Waals surface area contributed by atoms with Crippen LogP contribution in [0.15, 0.2) is 47.5 Å². The van der Waals surface area contributed by atoms with Gasteiger partial charge in [0, 0.05) is 41.6 Å². The van der Waals surface area contributed by atoms with E-state index in [1.165, 1.54) is 23.5 Å². The van der Waals surface area contributed by atoms with E-state index in [0.29, 0.717) is 45.5 Å². The first kappa shape index (κ1) is 22.4. The topological polar surface area (TPSA) is 61.9 Å². The maximum atomic E-state index is 15.0. The number of halogens is 2. The van der Waals surface area contributed by atoms with Crippen LogP contribution < -0.4 is 5.56 Å². The van der Waals surface area contributed by atoms with Gasteiger partial charge < -0.3 is 4.74 Å². The van der Waals surface area contributed by atoms with Crippen molar-refractivity contribution in [2.45, 2.75) is 50.7 Å². The van der Waals surface area contributed by atoms with Crippen molar-refractivity contribution in [1.29, 1.82) is 0 Å². The van der Waals surface area contributed by atoms with E-state index in [9.17, 15) is 4.79 Å². The number of rotatable bonds is 4. The zero-order valence-electron chi connectivity index (χ0n) is 19.7. The largest absolute Gasteiger partial charge is 0.373 e. The summed E-state index contributed by atoms with van der Waals surface area (Å²) in [6, 6.07) is 9.06. The molecule has 2 aromatic heterocycles. The minimum atomic E-state index is -0.437. The van der Waals surface area contributed by atoms with Gasteiger partial charge in [-0.25, -0.2) is 9.37 Å². The van der Waals surface area contributed by atoms with Crippen LogP contribution in [0.5, 0.6) is 0 Å². The SMILES string of the molecule is Cc1nc2c(-c3ccc(Cl)cc3F)cc([C@H]3CCO[C@@H](c4cnn(C5CC5)c4)C3)cc2c(=O)n1C. The highest BCUT2D eigenvalue weighted by molar-refractivity contribution is 6.30. The van der Waals surface area contributed by atoms with E-state index < -0.39 is 5.82 Å². The number of nitrogens with zero attached hydrogens (tertiary/aromatic N) is 4. The summed E-state index contributed by atoms with van der Waals surface area (Å²) < 4.78 is 24.7. The molecule has 6 nitrogen and oxygen atoms in total. The Morgan fingerprint density at radius 3 is 2.71 bits per heavy atom. The zero-order chi connectivity index (χ0) is 24.3. The van der Waals surface area contributed by atoms with Crippen molar-refractivity contribution in [3.63, 3.8) is 0 Å². The van der Waals surface area contributed by atoms with Crippen molar-refractivity contribution in [2.24, 2.45) is 7.05 Å². The first-order valence-electron chi connectivity index (χ1n) is 12.0. The summed E-state index contributed by atoms with van der Waals surface area (Å²) in [5, 5.41) is 5.34.